The lowest BCUT2D eigenvalue weighted by Gasteiger charge is -2.17. The van der Waals surface area contributed by atoms with E-state index in [1.54, 1.807) is 19.5 Å². The highest BCUT2D eigenvalue weighted by molar-refractivity contribution is 6.05. The average Bonchev–Trinajstić information content (AvgIpc) is 3.03. The summed E-state index contributed by atoms with van der Waals surface area (Å²) in [5, 5.41) is 2.94. The monoisotopic (exact) mass is 319 g/mol. The number of nitrogens with zero attached hydrogens (tertiary/aromatic N) is 2. The second kappa shape index (κ2) is 5.85. The summed E-state index contributed by atoms with van der Waals surface area (Å²) >= 11 is 0. The molecule has 0 saturated heterocycles. The van der Waals surface area contributed by atoms with Crippen molar-refractivity contribution in [2.24, 2.45) is 0 Å². The maximum absolute atomic E-state index is 12.5. The predicted octanol–water partition coefficient (Wildman–Crippen LogP) is 2.97. The summed E-state index contributed by atoms with van der Waals surface area (Å²) in [7, 11) is 1.63. The molecule has 1 aliphatic rings. The van der Waals surface area contributed by atoms with E-state index in [0.29, 0.717) is 18.0 Å². The number of carbonyl (C=O) groups is 1. The van der Waals surface area contributed by atoms with Crippen molar-refractivity contribution in [1.82, 2.24) is 14.9 Å². The van der Waals surface area contributed by atoms with Crippen LogP contribution in [0.1, 0.15) is 10.5 Å². The summed E-state index contributed by atoms with van der Waals surface area (Å²) in [4.78, 5) is 16.6. The standard InChI is InChI=1S/C19H17N3O2/c1-24-16-11-20-8-7-14(16)15-12-22-10-9-21-19(23)18(22)17(15)13-5-3-2-4-6-13/h2-8,11-12H,9-10H2,1H3,(H,21,23). The Labute approximate surface area is 139 Å². The molecule has 0 fully saturated rings. The van der Waals surface area contributed by atoms with E-state index >= 15 is 0 Å². The molecule has 0 spiro atoms. The van der Waals surface area contributed by atoms with Gasteiger partial charge in [0.15, 0.2) is 0 Å². The molecular weight excluding hydrogens is 302 g/mol. The van der Waals surface area contributed by atoms with Crippen molar-refractivity contribution in [3.05, 3.63) is 60.7 Å². The lowest BCUT2D eigenvalue weighted by molar-refractivity contribution is 0.0929. The maximum atomic E-state index is 12.5. The van der Waals surface area contributed by atoms with Crippen LogP contribution in [0.4, 0.5) is 0 Å². The molecule has 3 heterocycles. The summed E-state index contributed by atoms with van der Waals surface area (Å²) in [5.41, 5.74) is 4.55. The Morgan fingerprint density at radius 2 is 2.00 bits per heavy atom. The summed E-state index contributed by atoms with van der Waals surface area (Å²) in [6, 6.07) is 11.9. The highest BCUT2D eigenvalue weighted by Crippen LogP contribution is 2.40. The molecule has 1 aliphatic heterocycles. The number of pyridine rings is 1. The van der Waals surface area contributed by atoms with Crippen molar-refractivity contribution in [2.75, 3.05) is 13.7 Å². The molecule has 5 heteroatoms. The summed E-state index contributed by atoms with van der Waals surface area (Å²) in [6.07, 6.45) is 5.47. The van der Waals surface area contributed by atoms with Gasteiger partial charge in [-0.3, -0.25) is 9.78 Å². The maximum Gasteiger partial charge on any atom is 0.268 e. The van der Waals surface area contributed by atoms with Gasteiger partial charge in [0.05, 0.1) is 13.3 Å². The van der Waals surface area contributed by atoms with E-state index in [9.17, 15) is 4.79 Å². The van der Waals surface area contributed by atoms with E-state index in [1.165, 1.54) is 0 Å². The first-order valence-corrected chi connectivity index (χ1v) is 7.84. The Hall–Kier alpha value is -3.08. The first-order chi connectivity index (χ1) is 11.8. The van der Waals surface area contributed by atoms with E-state index in [2.05, 4.69) is 10.3 Å². The minimum atomic E-state index is -0.0422. The SMILES string of the molecule is COc1cnccc1-c1cn2c(c1-c1ccccc1)C(=O)NCC2. The number of aromatic nitrogens is 2. The largest absolute Gasteiger partial charge is 0.494 e. The van der Waals surface area contributed by atoms with Gasteiger partial charge in [0, 0.05) is 42.2 Å². The number of carbonyl (C=O) groups excluding carboxylic acids is 1. The normalized spacial score (nSPS) is 13.3. The molecule has 3 aromatic rings. The minimum absolute atomic E-state index is 0.0422. The van der Waals surface area contributed by atoms with Gasteiger partial charge in [-0.25, -0.2) is 0 Å². The third-order valence-corrected chi connectivity index (χ3v) is 4.29. The number of nitrogens with one attached hydrogen (secondary N) is 1. The number of ether oxygens (including phenoxy) is 1. The van der Waals surface area contributed by atoms with Crippen LogP contribution in [0.2, 0.25) is 0 Å². The molecular formula is C19H17N3O2. The van der Waals surface area contributed by atoms with Crippen molar-refractivity contribution in [3.8, 4) is 28.0 Å². The van der Waals surface area contributed by atoms with Gasteiger partial charge in [0.25, 0.3) is 5.91 Å². The summed E-state index contributed by atoms with van der Waals surface area (Å²) in [5.74, 6) is 0.650. The zero-order valence-corrected chi connectivity index (χ0v) is 13.3. The van der Waals surface area contributed by atoms with Crippen LogP contribution in [0, 0.1) is 0 Å². The molecule has 0 saturated carbocycles. The van der Waals surface area contributed by atoms with Crippen LogP contribution >= 0.6 is 0 Å². The van der Waals surface area contributed by atoms with Crippen LogP contribution in [-0.4, -0.2) is 29.1 Å². The van der Waals surface area contributed by atoms with Crippen molar-refractivity contribution in [1.29, 1.82) is 0 Å². The van der Waals surface area contributed by atoms with Crippen LogP contribution in [0.3, 0.4) is 0 Å². The number of hydrogen-bond acceptors (Lipinski definition) is 3. The smallest absolute Gasteiger partial charge is 0.268 e. The number of amides is 1. The van der Waals surface area contributed by atoms with E-state index in [1.807, 2.05) is 47.2 Å². The van der Waals surface area contributed by atoms with Crippen molar-refractivity contribution < 1.29 is 9.53 Å². The molecule has 1 aromatic carbocycles. The van der Waals surface area contributed by atoms with Gasteiger partial charge in [-0.15, -0.1) is 0 Å². The molecule has 0 unspecified atom stereocenters. The number of benzene rings is 1. The molecule has 1 amide bonds. The van der Waals surface area contributed by atoms with Gasteiger partial charge in [-0.2, -0.15) is 0 Å². The molecule has 2 aromatic heterocycles. The summed E-state index contributed by atoms with van der Waals surface area (Å²) in [6.45, 7) is 1.40. The second-order valence-corrected chi connectivity index (χ2v) is 5.66. The van der Waals surface area contributed by atoms with Crippen LogP contribution in [0.5, 0.6) is 5.75 Å². The Morgan fingerprint density at radius 1 is 1.17 bits per heavy atom. The fraction of sp³-hybridized carbons (Fsp3) is 0.158. The molecule has 0 aliphatic carbocycles. The lowest BCUT2D eigenvalue weighted by Crippen LogP contribution is -2.35. The van der Waals surface area contributed by atoms with Gasteiger partial charge in [-0.05, 0) is 11.6 Å². The molecule has 5 nitrogen and oxygen atoms in total. The fourth-order valence-electron chi connectivity index (χ4n) is 3.22. The summed E-state index contributed by atoms with van der Waals surface area (Å²) < 4.78 is 7.50. The molecule has 0 bridgehead atoms. The Kier molecular flexibility index (Phi) is 3.54. The topological polar surface area (TPSA) is 56.2 Å². The van der Waals surface area contributed by atoms with E-state index in [-0.39, 0.29) is 5.91 Å². The van der Waals surface area contributed by atoms with Crippen LogP contribution in [-0.2, 0) is 6.54 Å². The van der Waals surface area contributed by atoms with Crippen molar-refractivity contribution in [3.63, 3.8) is 0 Å². The average molecular weight is 319 g/mol. The molecule has 0 radical (unpaired) electrons. The van der Waals surface area contributed by atoms with E-state index < -0.39 is 0 Å². The Bertz CT molecular complexity index is 900. The quantitative estimate of drug-likeness (QED) is 0.807. The van der Waals surface area contributed by atoms with Crippen LogP contribution in [0.25, 0.3) is 22.3 Å². The van der Waals surface area contributed by atoms with Gasteiger partial charge in [-0.1, -0.05) is 30.3 Å². The van der Waals surface area contributed by atoms with Gasteiger partial charge >= 0.3 is 0 Å². The third-order valence-electron chi connectivity index (χ3n) is 4.29. The van der Waals surface area contributed by atoms with E-state index in [0.717, 1.165) is 28.8 Å². The van der Waals surface area contributed by atoms with Crippen molar-refractivity contribution in [2.45, 2.75) is 6.54 Å². The zero-order valence-electron chi connectivity index (χ0n) is 13.3. The highest BCUT2D eigenvalue weighted by atomic mass is 16.5. The predicted molar refractivity (Wildman–Crippen MR) is 92.0 cm³/mol. The van der Waals surface area contributed by atoms with E-state index in [4.69, 9.17) is 4.74 Å². The lowest BCUT2D eigenvalue weighted by atomic mass is 9.96. The van der Waals surface area contributed by atoms with Crippen molar-refractivity contribution >= 4 is 5.91 Å². The van der Waals surface area contributed by atoms with Crippen LogP contribution < -0.4 is 10.1 Å². The first kappa shape index (κ1) is 14.5. The number of methoxy groups -OCH3 is 1. The molecule has 120 valence electrons. The molecule has 24 heavy (non-hydrogen) atoms. The molecule has 1 N–H and O–H groups in total. The van der Waals surface area contributed by atoms with Gasteiger partial charge < -0.3 is 14.6 Å². The molecule has 0 atom stereocenters. The highest BCUT2D eigenvalue weighted by Gasteiger charge is 2.27. The first-order valence-electron chi connectivity index (χ1n) is 7.84. The Balaban J connectivity index is 2.03. The van der Waals surface area contributed by atoms with Gasteiger partial charge in [0.1, 0.15) is 11.4 Å². The number of fused-ring (bicyclic) bond motifs is 1. The van der Waals surface area contributed by atoms with Gasteiger partial charge in [0.2, 0.25) is 0 Å². The number of hydrogen-bond donors (Lipinski definition) is 1. The Morgan fingerprint density at radius 3 is 2.79 bits per heavy atom. The third kappa shape index (κ3) is 2.25. The zero-order chi connectivity index (χ0) is 16.5. The minimum Gasteiger partial charge on any atom is -0.494 e. The van der Waals surface area contributed by atoms with Crippen LogP contribution in [0.15, 0.2) is 55.0 Å². The molecule has 4 rings (SSSR count). The fourth-order valence-corrected chi connectivity index (χ4v) is 3.22. The second-order valence-electron chi connectivity index (χ2n) is 5.66. The number of rotatable bonds is 3.